The molecular weight excluding hydrogens is 298 g/mol. The number of benzene rings is 1. The van der Waals surface area contributed by atoms with Crippen molar-refractivity contribution in [1.82, 2.24) is 24.5 Å². The van der Waals surface area contributed by atoms with Gasteiger partial charge in [-0.1, -0.05) is 23.7 Å². The van der Waals surface area contributed by atoms with Gasteiger partial charge in [-0.25, -0.2) is 9.67 Å². The van der Waals surface area contributed by atoms with Crippen molar-refractivity contribution in [3.8, 4) is 16.8 Å². The quantitative estimate of drug-likeness (QED) is 0.533. The van der Waals surface area contributed by atoms with E-state index in [4.69, 9.17) is 11.6 Å². The normalized spacial score (nSPS) is 11.2. The van der Waals surface area contributed by atoms with Crippen LogP contribution in [0.15, 0.2) is 55.1 Å². The summed E-state index contributed by atoms with van der Waals surface area (Å²) in [6.45, 7) is 0. The minimum Gasteiger partial charge on any atom is -0.275 e. The molecule has 4 aromatic rings. The van der Waals surface area contributed by atoms with Crippen LogP contribution in [0.25, 0.3) is 27.7 Å². The molecule has 0 spiro atoms. The molecule has 1 aromatic carbocycles. The predicted octanol–water partition coefficient (Wildman–Crippen LogP) is 3.47. The van der Waals surface area contributed by atoms with Crippen LogP contribution in [0, 0.1) is 0 Å². The van der Waals surface area contributed by atoms with Crippen LogP contribution in [0.5, 0.6) is 0 Å². The number of nitrogens with zero attached hydrogens (tertiary/aromatic N) is 5. The van der Waals surface area contributed by atoms with Crippen molar-refractivity contribution in [3.63, 3.8) is 0 Å². The van der Waals surface area contributed by atoms with E-state index in [-0.39, 0.29) is 0 Å². The van der Waals surface area contributed by atoms with Crippen LogP contribution in [-0.4, -0.2) is 24.5 Å². The van der Waals surface area contributed by atoms with E-state index in [1.807, 2.05) is 36.4 Å². The van der Waals surface area contributed by atoms with E-state index in [1.165, 1.54) is 0 Å². The standard InChI is InChI=1S/C16H12ClN5/c1-21-10-13(9-19-21)11-2-3-12-8-20-22(15(12)6-11)14-4-5-18-16(17)7-14/h2-10H,1H3. The SMILES string of the molecule is Cn1cc(-c2ccc3cnn(-c4ccnc(Cl)c4)c3c2)cn1. The number of aryl methyl sites for hydroxylation is 1. The zero-order chi connectivity index (χ0) is 15.1. The molecule has 0 aliphatic rings. The van der Waals surface area contributed by atoms with Crippen LogP contribution in [-0.2, 0) is 7.05 Å². The molecule has 0 amide bonds. The minimum atomic E-state index is 0.449. The fourth-order valence-corrected chi connectivity index (χ4v) is 2.67. The third-order valence-corrected chi connectivity index (χ3v) is 3.77. The first-order valence-corrected chi connectivity index (χ1v) is 7.17. The average molecular weight is 310 g/mol. The fraction of sp³-hybridized carbons (Fsp3) is 0.0625. The summed E-state index contributed by atoms with van der Waals surface area (Å²) in [6, 6.07) is 9.92. The molecule has 4 rings (SSSR count). The second-order valence-corrected chi connectivity index (χ2v) is 5.46. The Hall–Kier alpha value is -2.66. The Morgan fingerprint density at radius 2 is 1.91 bits per heavy atom. The Kier molecular flexibility index (Phi) is 2.94. The van der Waals surface area contributed by atoms with E-state index in [1.54, 1.807) is 16.9 Å². The van der Waals surface area contributed by atoms with E-state index in [9.17, 15) is 0 Å². The molecule has 3 heterocycles. The Bertz CT molecular complexity index is 970. The number of fused-ring (bicyclic) bond motifs is 1. The van der Waals surface area contributed by atoms with Crippen molar-refractivity contribution >= 4 is 22.5 Å². The number of rotatable bonds is 2. The van der Waals surface area contributed by atoms with E-state index in [0.29, 0.717) is 5.15 Å². The van der Waals surface area contributed by atoms with Gasteiger partial charge in [0.1, 0.15) is 5.15 Å². The Morgan fingerprint density at radius 1 is 1.00 bits per heavy atom. The van der Waals surface area contributed by atoms with Gasteiger partial charge in [0, 0.05) is 36.5 Å². The Morgan fingerprint density at radius 3 is 2.68 bits per heavy atom. The largest absolute Gasteiger partial charge is 0.275 e. The summed E-state index contributed by atoms with van der Waals surface area (Å²) in [4.78, 5) is 4.01. The van der Waals surface area contributed by atoms with Crippen molar-refractivity contribution in [2.24, 2.45) is 7.05 Å². The molecule has 0 saturated carbocycles. The minimum absolute atomic E-state index is 0.449. The van der Waals surface area contributed by atoms with E-state index < -0.39 is 0 Å². The van der Waals surface area contributed by atoms with Crippen molar-refractivity contribution < 1.29 is 0 Å². The first-order chi connectivity index (χ1) is 10.7. The second kappa shape index (κ2) is 4.96. The molecule has 6 heteroatoms. The molecule has 0 fully saturated rings. The Labute approximate surface area is 131 Å². The monoisotopic (exact) mass is 309 g/mol. The molecule has 5 nitrogen and oxygen atoms in total. The first-order valence-electron chi connectivity index (χ1n) is 6.79. The summed E-state index contributed by atoms with van der Waals surface area (Å²) in [5.74, 6) is 0. The molecule has 0 bridgehead atoms. The molecule has 0 atom stereocenters. The lowest BCUT2D eigenvalue weighted by atomic mass is 10.1. The lowest BCUT2D eigenvalue weighted by molar-refractivity contribution is 0.768. The van der Waals surface area contributed by atoms with Gasteiger partial charge in [0.05, 0.1) is 23.6 Å². The van der Waals surface area contributed by atoms with Crippen molar-refractivity contribution in [1.29, 1.82) is 0 Å². The molecule has 0 aliphatic carbocycles. The van der Waals surface area contributed by atoms with Gasteiger partial charge in [-0.15, -0.1) is 0 Å². The summed E-state index contributed by atoms with van der Waals surface area (Å²) in [7, 11) is 1.91. The van der Waals surface area contributed by atoms with E-state index >= 15 is 0 Å². The lowest BCUT2D eigenvalue weighted by Crippen LogP contribution is -1.96. The molecule has 108 valence electrons. The maximum absolute atomic E-state index is 5.98. The van der Waals surface area contributed by atoms with Crippen LogP contribution in [0.1, 0.15) is 0 Å². The smallest absolute Gasteiger partial charge is 0.131 e. The highest BCUT2D eigenvalue weighted by molar-refractivity contribution is 6.29. The highest BCUT2D eigenvalue weighted by Crippen LogP contribution is 2.26. The van der Waals surface area contributed by atoms with Gasteiger partial charge in [-0.3, -0.25) is 4.68 Å². The van der Waals surface area contributed by atoms with Gasteiger partial charge in [0.25, 0.3) is 0 Å². The highest BCUT2D eigenvalue weighted by atomic mass is 35.5. The molecular formula is C16H12ClN5. The first kappa shape index (κ1) is 13.0. The molecule has 0 saturated heterocycles. The molecule has 3 aromatic heterocycles. The zero-order valence-corrected chi connectivity index (χ0v) is 12.6. The molecule has 22 heavy (non-hydrogen) atoms. The molecule has 0 unspecified atom stereocenters. The van der Waals surface area contributed by atoms with Gasteiger partial charge in [-0.05, 0) is 17.7 Å². The summed E-state index contributed by atoms with van der Waals surface area (Å²) in [6.07, 6.45) is 7.36. The molecule has 0 radical (unpaired) electrons. The zero-order valence-electron chi connectivity index (χ0n) is 11.8. The predicted molar refractivity (Wildman–Crippen MR) is 86.1 cm³/mol. The van der Waals surface area contributed by atoms with Crippen LogP contribution < -0.4 is 0 Å². The average Bonchev–Trinajstić information content (AvgIpc) is 3.12. The van der Waals surface area contributed by atoms with Crippen LogP contribution in [0.4, 0.5) is 0 Å². The summed E-state index contributed by atoms with van der Waals surface area (Å²) >= 11 is 5.98. The van der Waals surface area contributed by atoms with Gasteiger partial charge in [-0.2, -0.15) is 10.2 Å². The molecule has 0 N–H and O–H groups in total. The topological polar surface area (TPSA) is 48.5 Å². The third kappa shape index (κ3) is 2.16. The number of aromatic nitrogens is 5. The maximum Gasteiger partial charge on any atom is 0.131 e. The third-order valence-electron chi connectivity index (χ3n) is 3.56. The summed E-state index contributed by atoms with van der Waals surface area (Å²) in [5, 5.41) is 10.2. The molecule has 0 aliphatic heterocycles. The van der Waals surface area contributed by atoms with Crippen LogP contribution >= 0.6 is 11.6 Å². The Balaban J connectivity index is 1.90. The van der Waals surface area contributed by atoms with Gasteiger partial charge in [0.2, 0.25) is 0 Å². The highest BCUT2D eigenvalue weighted by Gasteiger charge is 2.08. The van der Waals surface area contributed by atoms with Crippen molar-refractivity contribution in [2.75, 3.05) is 0 Å². The summed E-state index contributed by atoms with van der Waals surface area (Å²) < 4.78 is 3.65. The second-order valence-electron chi connectivity index (χ2n) is 5.07. The fourth-order valence-electron chi connectivity index (χ4n) is 2.50. The van der Waals surface area contributed by atoms with Crippen molar-refractivity contribution in [3.05, 3.63) is 60.3 Å². The van der Waals surface area contributed by atoms with Gasteiger partial charge < -0.3 is 0 Å². The van der Waals surface area contributed by atoms with Crippen molar-refractivity contribution in [2.45, 2.75) is 0 Å². The van der Waals surface area contributed by atoms with Crippen LogP contribution in [0.2, 0.25) is 5.15 Å². The van der Waals surface area contributed by atoms with E-state index in [0.717, 1.165) is 27.7 Å². The number of hydrogen-bond donors (Lipinski definition) is 0. The lowest BCUT2D eigenvalue weighted by Gasteiger charge is -2.05. The number of halogens is 1. The van der Waals surface area contributed by atoms with Crippen LogP contribution in [0.3, 0.4) is 0 Å². The number of pyridine rings is 1. The summed E-state index contributed by atoms with van der Waals surface area (Å²) in [5.41, 5.74) is 4.08. The van der Waals surface area contributed by atoms with Gasteiger partial charge in [0.15, 0.2) is 0 Å². The number of hydrogen-bond acceptors (Lipinski definition) is 3. The van der Waals surface area contributed by atoms with E-state index in [2.05, 4.69) is 33.4 Å². The maximum atomic E-state index is 5.98. The van der Waals surface area contributed by atoms with Gasteiger partial charge >= 0.3 is 0 Å².